The van der Waals surface area contributed by atoms with Crippen LogP contribution in [-0.4, -0.2) is 19.2 Å². The molecule has 88 valence electrons. The number of carbonyl (C=O) groups excluding carboxylic acids is 1. The topological polar surface area (TPSA) is 35.5 Å². The molecule has 3 nitrogen and oxygen atoms in total. The van der Waals surface area contributed by atoms with Gasteiger partial charge in [-0.15, -0.1) is 0 Å². The molecule has 0 aromatic heterocycles. The molecule has 0 aliphatic rings. The van der Waals surface area contributed by atoms with E-state index in [1.807, 2.05) is 31.2 Å². The van der Waals surface area contributed by atoms with Crippen molar-refractivity contribution in [3.8, 4) is 0 Å². The van der Waals surface area contributed by atoms with Crippen LogP contribution in [0.3, 0.4) is 0 Å². The van der Waals surface area contributed by atoms with Gasteiger partial charge >= 0.3 is 5.97 Å². The van der Waals surface area contributed by atoms with Crippen molar-refractivity contribution >= 4 is 21.9 Å². The van der Waals surface area contributed by atoms with Gasteiger partial charge in [-0.05, 0) is 31.5 Å². The Kier molecular flexibility index (Phi) is 5.49. The largest absolute Gasteiger partial charge is 0.464 e. The standard InChI is InChI=1S/C12H15BrO3/c1-3-15-11(12(14)16-4-2)9-5-7-10(13)8-6-9/h5-8,11H,3-4H2,1-2H3/t11-/m0/s1. The molecule has 0 N–H and O–H groups in total. The smallest absolute Gasteiger partial charge is 0.339 e. The van der Waals surface area contributed by atoms with E-state index in [4.69, 9.17) is 9.47 Å². The van der Waals surface area contributed by atoms with Crippen molar-refractivity contribution in [2.24, 2.45) is 0 Å². The van der Waals surface area contributed by atoms with Gasteiger partial charge in [0.2, 0.25) is 0 Å². The van der Waals surface area contributed by atoms with Crippen LogP contribution in [0.25, 0.3) is 0 Å². The first-order chi connectivity index (χ1) is 7.69. The van der Waals surface area contributed by atoms with E-state index in [2.05, 4.69) is 15.9 Å². The van der Waals surface area contributed by atoms with Gasteiger partial charge in [0, 0.05) is 11.1 Å². The van der Waals surface area contributed by atoms with E-state index in [9.17, 15) is 4.79 Å². The summed E-state index contributed by atoms with van der Waals surface area (Å²) < 4.78 is 11.3. The maximum atomic E-state index is 11.7. The second kappa shape index (κ2) is 6.66. The first-order valence-corrected chi connectivity index (χ1v) is 6.02. The van der Waals surface area contributed by atoms with Crippen LogP contribution in [0, 0.1) is 0 Å². The number of rotatable bonds is 5. The quantitative estimate of drug-likeness (QED) is 0.781. The van der Waals surface area contributed by atoms with E-state index < -0.39 is 6.10 Å². The fourth-order valence-corrected chi connectivity index (χ4v) is 1.59. The fraction of sp³-hybridized carbons (Fsp3) is 0.417. The third-order valence-corrected chi connectivity index (χ3v) is 2.54. The Morgan fingerprint density at radius 1 is 1.25 bits per heavy atom. The lowest BCUT2D eigenvalue weighted by Crippen LogP contribution is -2.18. The third kappa shape index (κ3) is 3.61. The van der Waals surface area contributed by atoms with Gasteiger partial charge in [-0.25, -0.2) is 4.79 Å². The summed E-state index contributed by atoms with van der Waals surface area (Å²) in [6, 6.07) is 7.45. The SMILES string of the molecule is CCOC(=O)[C@@H](OCC)c1ccc(Br)cc1. The van der Waals surface area contributed by atoms with Crippen molar-refractivity contribution in [2.75, 3.05) is 13.2 Å². The molecule has 0 aliphatic heterocycles. The van der Waals surface area contributed by atoms with Gasteiger partial charge in [0.1, 0.15) is 0 Å². The highest BCUT2D eigenvalue weighted by Crippen LogP contribution is 2.21. The summed E-state index contributed by atoms with van der Waals surface area (Å²) in [6.07, 6.45) is -0.627. The van der Waals surface area contributed by atoms with Gasteiger partial charge in [0.15, 0.2) is 6.10 Å². The molecule has 0 saturated heterocycles. The van der Waals surface area contributed by atoms with E-state index in [1.54, 1.807) is 6.92 Å². The lowest BCUT2D eigenvalue weighted by atomic mass is 10.1. The Hall–Kier alpha value is -0.870. The minimum atomic E-state index is -0.627. The van der Waals surface area contributed by atoms with Crippen molar-refractivity contribution in [1.82, 2.24) is 0 Å². The van der Waals surface area contributed by atoms with Gasteiger partial charge < -0.3 is 9.47 Å². The number of esters is 1. The van der Waals surface area contributed by atoms with Crippen LogP contribution in [0.5, 0.6) is 0 Å². The van der Waals surface area contributed by atoms with Crippen molar-refractivity contribution in [1.29, 1.82) is 0 Å². The summed E-state index contributed by atoms with van der Waals surface area (Å²) in [5.74, 6) is -0.341. The van der Waals surface area contributed by atoms with Gasteiger partial charge in [-0.1, -0.05) is 28.1 Å². The molecular weight excluding hydrogens is 272 g/mol. The van der Waals surface area contributed by atoms with E-state index >= 15 is 0 Å². The molecule has 0 radical (unpaired) electrons. The maximum absolute atomic E-state index is 11.7. The Labute approximate surface area is 104 Å². The molecule has 0 amide bonds. The fourth-order valence-electron chi connectivity index (χ4n) is 1.32. The summed E-state index contributed by atoms with van der Waals surface area (Å²) in [5, 5.41) is 0. The second-order valence-corrected chi connectivity index (χ2v) is 4.05. The van der Waals surface area contributed by atoms with Gasteiger partial charge in [-0.2, -0.15) is 0 Å². The summed E-state index contributed by atoms with van der Waals surface area (Å²) in [4.78, 5) is 11.7. The monoisotopic (exact) mass is 286 g/mol. The number of benzene rings is 1. The van der Waals surface area contributed by atoms with Crippen molar-refractivity contribution in [3.63, 3.8) is 0 Å². The van der Waals surface area contributed by atoms with Crippen molar-refractivity contribution < 1.29 is 14.3 Å². The normalized spacial score (nSPS) is 12.2. The molecule has 1 aromatic rings. The number of hydrogen-bond acceptors (Lipinski definition) is 3. The molecule has 16 heavy (non-hydrogen) atoms. The molecule has 0 aliphatic carbocycles. The molecule has 0 unspecified atom stereocenters. The van der Waals surface area contributed by atoms with E-state index in [1.165, 1.54) is 0 Å². The van der Waals surface area contributed by atoms with Gasteiger partial charge in [0.25, 0.3) is 0 Å². The lowest BCUT2D eigenvalue weighted by Gasteiger charge is -2.15. The van der Waals surface area contributed by atoms with Gasteiger partial charge in [-0.3, -0.25) is 0 Å². The van der Waals surface area contributed by atoms with E-state index in [-0.39, 0.29) is 5.97 Å². The van der Waals surface area contributed by atoms with E-state index in [0.717, 1.165) is 10.0 Å². The minimum absolute atomic E-state index is 0.341. The predicted octanol–water partition coefficient (Wildman–Crippen LogP) is 3.09. The summed E-state index contributed by atoms with van der Waals surface area (Å²) >= 11 is 3.34. The summed E-state index contributed by atoms with van der Waals surface area (Å²) in [5.41, 5.74) is 0.809. The van der Waals surface area contributed by atoms with Crippen LogP contribution in [0.15, 0.2) is 28.7 Å². The van der Waals surface area contributed by atoms with Crippen molar-refractivity contribution in [3.05, 3.63) is 34.3 Å². The molecule has 0 fully saturated rings. The molecule has 1 rings (SSSR count). The zero-order valence-corrected chi connectivity index (χ0v) is 11.0. The summed E-state index contributed by atoms with van der Waals surface area (Å²) in [6.45, 7) is 4.46. The third-order valence-electron chi connectivity index (χ3n) is 2.01. The van der Waals surface area contributed by atoms with Crippen LogP contribution in [0.1, 0.15) is 25.5 Å². The number of halogens is 1. The van der Waals surface area contributed by atoms with Crippen LogP contribution in [0.2, 0.25) is 0 Å². The number of ether oxygens (including phenoxy) is 2. The highest BCUT2D eigenvalue weighted by Gasteiger charge is 2.21. The Morgan fingerprint density at radius 3 is 2.38 bits per heavy atom. The molecule has 1 atom stereocenters. The predicted molar refractivity (Wildman–Crippen MR) is 65.1 cm³/mol. The molecule has 1 aromatic carbocycles. The van der Waals surface area contributed by atoms with Gasteiger partial charge in [0.05, 0.1) is 6.61 Å². The Morgan fingerprint density at radius 2 is 1.88 bits per heavy atom. The maximum Gasteiger partial charge on any atom is 0.339 e. The first-order valence-electron chi connectivity index (χ1n) is 5.22. The number of carbonyl (C=O) groups is 1. The molecule has 0 bridgehead atoms. The second-order valence-electron chi connectivity index (χ2n) is 3.14. The first kappa shape index (κ1) is 13.2. The minimum Gasteiger partial charge on any atom is -0.464 e. The van der Waals surface area contributed by atoms with E-state index in [0.29, 0.717) is 13.2 Å². The van der Waals surface area contributed by atoms with Crippen LogP contribution < -0.4 is 0 Å². The van der Waals surface area contributed by atoms with Crippen molar-refractivity contribution in [2.45, 2.75) is 20.0 Å². The lowest BCUT2D eigenvalue weighted by molar-refractivity contribution is -0.157. The molecule has 0 saturated carbocycles. The average molecular weight is 287 g/mol. The summed E-state index contributed by atoms with van der Waals surface area (Å²) in [7, 11) is 0. The Bertz CT molecular complexity index is 335. The average Bonchev–Trinajstić information content (AvgIpc) is 2.28. The Balaban J connectivity index is 2.84. The number of hydrogen-bond donors (Lipinski definition) is 0. The highest BCUT2D eigenvalue weighted by atomic mass is 79.9. The molecule has 4 heteroatoms. The molecule has 0 heterocycles. The molecular formula is C12H15BrO3. The molecule has 0 spiro atoms. The zero-order valence-electron chi connectivity index (χ0n) is 9.40. The highest BCUT2D eigenvalue weighted by molar-refractivity contribution is 9.10. The van der Waals surface area contributed by atoms with Crippen LogP contribution >= 0.6 is 15.9 Å². The zero-order chi connectivity index (χ0) is 12.0. The van der Waals surface area contributed by atoms with Crippen LogP contribution in [-0.2, 0) is 14.3 Å². The van der Waals surface area contributed by atoms with Crippen LogP contribution in [0.4, 0.5) is 0 Å².